The van der Waals surface area contributed by atoms with E-state index in [2.05, 4.69) is 10.2 Å². The van der Waals surface area contributed by atoms with Crippen LogP contribution in [-0.4, -0.2) is 60.6 Å². The van der Waals surface area contributed by atoms with Crippen LogP contribution in [0.5, 0.6) is 0 Å². The molecule has 2 amide bonds. The monoisotopic (exact) mass is 293 g/mol. The van der Waals surface area contributed by atoms with Crippen molar-refractivity contribution >= 4 is 17.7 Å². The van der Waals surface area contributed by atoms with Crippen LogP contribution in [0, 0.1) is 0 Å². The van der Waals surface area contributed by atoms with Crippen LogP contribution < -0.4 is 5.32 Å². The number of aromatic carboxylic acids is 1. The molecular formula is C15H23N3O3. The highest BCUT2D eigenvalue weighted by Crippen LogP contribution is 2.15. The van der Waals surface area contributed by atoms with Crippen molar-refractivity contribution in [2.45, 2.75) is 13.3 Å². The highest BCUT2D eigenvalue weighted by molar-refractivity contribution is 5.99. The van der Waals surface area contributed by atoms with Crippen LogP contribution in [0.2, 0.25) is 0 Å². The predicted octanol–water partition coefficient (Wildman–Crippen LogP) is 2.19. The zero-order chi connectivity index (χ0) is 15.8. The molecule has 0 heterocycles. The number of carbonyl (C=O) groups excluding carboxylic acids is 1. The molecule has 0 radical (unpaired) electrons. The zero-order valence-electron chi connectivity index (χ0n) is 12.8. The van der Waals surface area contributed by atoms with E-state index < -0.39 is 5.97 Å². The van der Waals surface area contributed by atoms with E-state index >= 15 is 0 Å². The van der Waals surface area contributed by atoms with Crippen LogP contribution in [0.3, 0.4) is 0 Å². The Balaban J connectivity index is 2.68. The lowest BCUT2D eigenvalue weighted by atomic mass is 10.2. The van der Waals surface area contributed by atoms with Gasteiger partial charge < -0.3 is 20.2 Å². The lowest BCUT2D eigenvalue weighted by Crippen LogP contribution is -2.36. The number of para-hydroxylation sites is 1. The highest BCUT2D eigenvalue weighted by atomic mass is 16.4. The Kier molecular flexibility index (Phi) is 6.68. The van der Waals surface area contributed by atoms with Crippen LogP contribution in [0.4, 0.5) is 10.5 Å². The first-order valence-electron chi connectivity index (χ1n) is 6.98. The average Bonchev–Trinajstić information content (AvgIpc) is 2.43. The second-order valence-corrected chi connectivity index (χ2v) is 5.02. The first-order valence-corrected chi connectivity index (χ1v) is 6.98. The molecule has 0 fully saturated rings. The fourth-order valence-electron chi connectivity index (χ4n) is 1.95. The molecule has 1 aromatic carbocycles. The minimum Gasteiger partial charge on any atom is -0.478 e. The van der Waals surface area contributed by atoms with Gasteiger partial charge in [-0.3, -0.25) is 0 Å². The van der Waals surface area contributed by atoms with Gasteiger partial charge in [-0.15, -0.1) is 0 Å². The number of amides is 2. The van der Waals surface area contributed by atoms with E-state index in [4.69, 9.17) is 5.11 Å². The van der Waals surface area contributed by atoms with Gasteiger partial charge in [0, 0.05) is 13.1 Å². The number of hydrogen-bond acceptors (Lipinski definition) is 3. The largest absolute Gasteiger partial charge is 0.478 e. The molecule has 0 aromatic heterocycles. The van der Waals surface area contributed by atoms with E-state index in [1.165, 1.54) is 6.07 Å². The van der Waals surface area contributed by atoms with Crippen molar-refractivity contribution in [1.82, 2.24) is 9.80 Å². The molecule has 116 valence electrons. The third-order valence-corrected chi connectivity index (χ3v) is 3.10. The molecule has 0 saturated heterocycles. The number of nitrogens with one attached hydrogen (secondary N) is 1. The Bertz CT molecular complexity index is 489. The first kappa shape index (κ1) is 17.0. The number of hydrogen-bond donors (Lipinski definition) is 2. The second-order valence-electron chi connectivity index (χ2n) is 5.02. The summed E-state index contributed by atoms with van der Waals surface area (Å²) in [6.07, 6.45) is 0.870. The van der Waals surface area contributed by atoms with Crippen molar-refractivity contribution in [2.75, 3.05) is 39.0 Å². The SMILES string of the molecule is CCN(CCCN(C)C)C(=O)Nc1ccccc1C(=O)O. The summed E-state index contributed by atoms with van der Waals surface area (Å²) in [5.74, 6) is -1.05. The maximum absolute atomic E-state index is 12.2. The summed E-state index contributed by atoms with van der Waals surface area (Å²) in [7, 11) is 3.97. The maximum atomic E-state index is 12.2. The summed E-state index contributed by atoms with van der Waals surface area (Å²) in [5, 5.41) is 11.8. The number of benzene rings is 1. The fraction of sp³-hybridized carbons (Fsp3) is 0.467. The van der Waals surface area contributed by atoms with Gasteiger partial charge in [-0.1, -0.05) is 12.1 Å². The van der Waals surface area contributed by atoms with Gasteiger partial charge in [-0.2, -0.15) is 0 Å². The topological polar surface area (TPSA) is 72.9 Å². The first-order chi connectivity index (χ1) is 9.95. The lowest BCUT2D eigenvalue weighted by molar-refractivity contribution is 0.0698. The summed E-state index contributed by atoms with van der Waals surface area (Å²) in [4.78, 5) is 27.1. The Morgan fingerprint density at radius 1 is 1.19 bits per heavy atom. The van der Waals surface area contributed by atoms with Gasteiger partial charge in [-0.05, 0) is 46.1 Å². The molecule has 2 N–H and O–H groups in total. The Morgan fingerprint density at radius 3 is 2.43 bits per heavy atom. The molecule has 0 aliphatic carbocycles. The van der Waals surface area contributed by atoms with Crippen molar-refractivity contribution in [3.05, 3.63) is 29.8 Å². The molecule has 1 rings (SSSR count). The van der Waals surface area contributed by atoms with Gasteiger partial charge in [0.05, 0.1) is 11.3 Å². The molecule has 0 bridgehead atoms. The number of anilines is 1. The van der Waals surface area contributed by atoms with Gasteiger partial charge >= 0.3 is 12.0 Å². The Labute approximate surface area is 125 Å². The van der Waals surface area contributed by atoms with Gasteiger partial charge in [0.25, 0.3) is 0 Å². The molecule has 0 aliphatic heterocycles. The van der Waals surface area contributed by atoms with Crippen molar-refractivity contribution in [2.24, 2.45) is 0 Å². The summed E-state index contributed by atoms with van der Waals surface area (Å²) >= 11 is 0. The number of urea groups is 1. The van der Waals surface area contributed by atoms with E-state index in [9.17, 15) is 9.59 Å². The number of nitrogens with zero attached hydrogens (tertiary/aromatic N) is 2. The normalized spacial score (nSPS) is 10.5. The summed E-state index contributed by atoms with van der Waals surface area (Å²) in [6, 6.07) is 6.12. The zero-order valence-corrected chi connectivity index (χ0v) is 12.8. The lowest BCUT2D eigenvalue weighted by Gasteiger charge is -2.22. The number of carboxylic acid groups (broad SMARTS) is 1. The predicted molar refractivity (Wildman–Crippen MR) is 82.8 cm³/mol. The Morgan fingerprint density at radius 2 is 1.86 bits per heavy atom. The summed E-state index contributed by atoms with van der Waals surface area (Å²) in [6.45, 7) is 4.01. The van der Waals surface area contributed by atoms with Crippen molar-refractivity contribution in [3.63, 3.8) is 0 Å². The Hall–Kier alpha value is -2.08. The third-order valence-electron chi connectivity index (χ3n) is 3.10. The van der Waals surface area contributed by atoms with Crippen LogP contribution in [0.15, 0.2) is 24.3 Å². The number of carbonyl (C=O) groups is 2. The minimum atomic E-state index is -1.05. The van der Waals surface area contributed by atoms with Gasteiger partial charge in [0.1, 0.15) is 0 Å². The molecule has 21 heavy (non-hydrogen) atoms. The van der Waals surface area contributed by atoms with Gasteiger partial charge in [0.2, 0.25) is 0 Å². The smallest absolute Gasteiger partial charge is 0.337 e. The van der Waals surface area contributed by atoms with Gasteiger partial charge in [-0.25, -0.2) is 9.59 Å². The van der Waals surface area contributed by atoms with Crippen molar-refractivity contribution in [1.29, 1.82) is 0 Å². The van der Waals surface area contributed by atoms with E-state index in [0.717, 1.165) is 13.0 Å². The standard InChI is InChI=1S/C15H23N3O3/c1-4-18(11-7-10-17(2)3)15(21)16-13-9-6-5-8-12(13)14(19)20/h5-6,8-9H,4,7,10-11H2,1-3H3,(H,16,21)(H,19,20). The fourth-order valence-corrected chi connectivity index (χ4v) is 1.95. The molecule has 6 nitrogen and oxygen atoms in total. The molecular weight excluding hydrogens is 270 g/mol. The van der Waals surface area contributed by atoms with Crippen LogP contribution in [0.1, 0.15) is 23.7 Å². The number of carboxylic acids is 1. The molecule has 0 saturated carbocycles. The summed E-state index contributed by atoms with van der Waals surface area (Å²) in [5.41, 5.74) is 0.413. The molecule has 0 spiro atoms. The maximum Gasteiger partial charge on any atom is 0.337 e. The molecule has 0 atom stereocenters. The number of rotatable bonds is 7. The van der Waals surface area contributed by atoms with Gasteiger partial charge in [0.15, 0.2) is 0 Å². The quantitative estimate of drug-likeness (QED) is 0.808. The summed E-state index contributed by atoms with van der Waals surface area (Å²) < 4.78 is 0. The minimum absolute atomic E-state index is 0.0928. The average molecular weight is 293 g/mol. The third kappa shape index (κ3) is 5.43. The van der Waals surface area contributed by atoms with Crippen LogP contribution in [-0.2, 0) is 0 Å². The van der Waals surface area contributed by atoms with Crippen LogP contribution >= 0.6 is 0 Å². The second kappa shape index (κ2) is 8.26. The molecule has 1 aromatic rings. The highest BCUT2D eigenvalue weighted by Gasteiger charge is 2.15. The van der Waals surface area contributed by atoms with Crippen molar-refractivity contribution < 1.29 is 14.7 Å². The van der Waals surface area contributed by atoms with Crippen molar-refractivity contribution in [3.8, 4) is 0 Å². The molecule has 0 aliphatic rings. The van der Waals surface area contributed by atoms with E-state index in [0.29, 0.717) is 18.8 Å². The molecule has 6 heteroatoms. The van der Waals surface area contributed by atoms with E-state index in [-0.39, 0.29) is 11.6 Å². The van der Waals surface area contributed by atoms with Crippen LogP contribution in [0.25, 0.3) is 0 Å². The van der Waals surface area contributed by atoms with E-state index in [1.807, 2.05) is 21.0 Å². The van der Waals surface area contributed by atoms with E-state index in [1.54, 1.807) is 23.1 Å². The molecule has 0 unspecified atom stereocenters.